The molecule has 0 saturated heterocycles. The van der Waals surface area contributed by atoms with Gasteiger partial charge in [0.05, 0.1) is 0 Å². The zero-order valence-electron chi connectivity index (χ0n) is 13.5. The van der Waals surface area contributed by atoms with Crippen molar-refractivity contribution in [3.05, 3.63) is 0 Å². The molecule has 0 saturated carbocycles. The molecule has 6 nitrogen and oxygen atoms in total. The summed E-state index contributed by atoms with van der Waals surface area (Å²) in [4.78, 5) is 71.4. The summed E-state index contributed by atoms with van der Waals surface area (Å²) in [6, 6.07) is 0. The Bertz CT molecular complexity index is 418. The number of Topliss-reactive ketones (excluding diaryl/α,β-unsaturated/α-hetero) is 6. The Morgan fingerprint density at radius 3 is 0.682 bits per heavy atom. The van der Waals surface area contributed by atoms with E-state index < -0.39 is 64.2 Å². The van der Waals surface area contributed by atoms with Crippen LogP contribution in [0.1, 0.15) is 41.5 Å². The third kappa shape index (κ3) is 4.84. The zero-order valence-corrected chi connectivity index (χ0v) is 15.3. The van der Waals surface area contributed by atoms with E-state index in [1.54, 1.807) is 0 Å². The molecule has 0 aromatic carbocycles. The summed E-state index contributed by atoms with van der Waals surface area (Å²) < 4.78 is -3.58. The summed E-state index contributed by atoms with van der Waals surface area (Å²) in [7, 11) is 0. The van der Waals surface area contributed by atoms with Gasteiger partial charge in [0.2, 0.25) is 0 Å². The summed E-state index contributed by atoms with van der Waals surface area (Å²) >= 11 is -3.08. The monoisotopic (exact) mass is 399 g/mol. The molecule has 0 amide bonds. The molecule has 0 aromatic heterocycles. The predicted molar refractivity (Wildman–Crippen MR) is 75.3 cm³/mol. The molecular formula is C15H21O6Ru. The SMILES string of the molecule is CC(=O)[CH](C(C)=O)[Ru]([CH](C(C)=O)C(C)=O)[CH](C(C)=O)C(C)=O. The maximum atomic E-state index is 11.9. The van der Waals surface area contributed by atoms with Gasteiger partial charge in [-0.1, -0.05) is 0 Å². The Balaban J connectivity index is 6.39. The average molecular weight is 398 g/mol. The maximum absolute atomic E-state index is 11.9. The fraction of sp³-hybridized carbons (Fsp3) is 0.600. The van der Waals surface area contributed by atoms with Crippen LogP contribution in [-0.2, 0) is 44.7 Å². The number of hydrogen-bond donors (Lipinski definition) is 0. The van der Waals surface area contributed by atoms with Crippen LogP contribution in [0.4, 0.5) is 0 Å². The Morgan fingerprint density at radius 1 is 0.455 bits per heavy atom. The molecule has 0 aliphatic rings. The molecule has 0 heterocycles. The molecule has 125 valence electrons. The van der Waals surface area contributed by atoms with Crippen molar-refractivity contribution in [3.63, 3.8) is 0 Å². The average Bonchev–Trinajstić information content (AvgIpc) is 2.24. The van der Waals surface area contributed by atoms with Gasteiger partial charge in [0.1, 0.15) is 0 Å². The minimum absolute atomic E-state index is 0.508. The molecule has 0 bridgehead atoms. The first-order valence-electron chi connectivity index (χ1n) is 6.57. The van der Waals surface area contributed by atoms with Crippen LogP contribution in [0.5, 0.6) is 0 Å². The Morgan fingerprint density at radius 2 is 0.591 bits per heavy atom. The van der Waals surface area contributed by atoms with Crippen molar-refractivity contribution in [3.8, 4) is 0 Å². The van der Waals surface area contributed by atoms with Gasteiger partial charge in [-0.3, -0.25) is 0 Å². The zero-order chi connectivity index (χ0) is 17.8. The van der Waals surface area contributed by atoms with Crippen molar-refractivity contribution in [1.29, 1.82) is 0 Å². The molecule has 22 heavy (non-hydrogen) atoms. The summed E-state index contributed by atoms with van der Waals surface area (Å²) in [5.74, 6) is -3.05. The summed E-state index contributed by atoms with van der Waals surface area (Å²) in [5.41, 5.74) is 0. The summed E-state index contributed by atoms with van der Waals surface area (Å²) in [6.45, 7) is 7.09. The number of carbonyl (C=O) groups excluding carboxylic acids is 6. The molecule has 0 aliphatic carbocycles. The van der Waals surface area contributed by atoms with E-state index >= 15 is 0 Å². The van der Waals surface area contributed by atoms with E-state index in [4.69, 9.17) is 0 Å². The molecule has 0 aliphatic heterocycles. The number of rotatable bonds is 9. The number of ketones is 6. The first kappa shape index (κ1) is 20.6. The normalized spacial score (nSPS) is 11.6. The van der Waals surface area contributed by atoms with Gasteiger partial charge >= 0.3 is 134 Å². The van der Waals surface area contributed by atoms with Crippen LogP contribution in [0.2, 0.25) is 13.5 Å². The van der Waals surface area contributed by atoms with Crippen LogP contribution in [0.25, 0.3) is 0 Å². The van der Waals surface area contributed by atoms with Crippen LogP contribution >= 0.6 is 0 Å². The van der Waals surface area contributed by atoms with Gasteiger partial charge in [0, 0.05) is 0 Å². The van der Waals surface area contributed by atoms with Crippen molar-refractivity contribution in [2.45, 2.75) is 55.1 Å². The van der Waals surface area contributed by atoms with E-state index in [1.807, 2.05) is 0 Å². The van der Waals surface area contributed by atoms with E-state index in [1.165, 1.54) is 41.5 Å². The van der Waals surface area contributed by atoms with Crippen LogP contribution in [0.3, 0.4) is 0 Å². The second kappa shape index (κ2) is 8.32. The number of carbonyl (C=O) groups is 6. The van der Waals surface area contributed by atoms with E-state index in [2.05, 4.69) is 0 Å². The van der Waals surface area contributed by atoms with Crippen LogP contribution in [0, 0.1) is 0 Å². The van der Waals surface area contributed by atoms with Crippen LogP contribution in [0.15, 0.2) is 0 Å². The van der Waals surface area contributed by atoms with Gasteiger partial charge in [0.25, 0.3) is 0 Å². The molecule has 0 rings (SSSR count). The summed E-state index contributed by atoms with van der Waals surface area (Å²) in [6.07, 6.45) is 0. The fourth-order valence-electron chi connectivity index (χ4n) is 2.21. The molecule has 0 atom stereocenters. The topological polar surface area (TPSA) is 102 Å². The van der Waals surface area contributed by atoms with Crippen molar-refractivity contribution >= 4 is 34.7 Å². The molecule has 0 unspecified atom stereocenters. The molecule has 0 aromatic rings. The molecule has 0 spiro atoms. The second-order valence-electron chi connectivity index (χ2n) is 5.06. The van der Waals surface area contributed by atoms with Gasteiger partial charge in [-0.15, -0.1) is 0 Å². The molecule has 0 fully saturated rings. The Labute approximate surface area is 134 Å². The van der Waals surface area contributed by atoms with Gasteiger partial charge in [-0.25, -0.2) is 0 Å². The van der Waals surface area contributed by atoms with Crippen molar-refractivity contribution in [2.24, 2.45) is 0 Å². The van der Waals surface area contributed by atoms with Crippen molar-refractivity contribution < 1.29 is 44.7 Å². The third-order valence-corrected chi connectivity index (χ3v) is 10.5. The quantitative estimate of drug-likeness (QED) is 0.431. The number of hydrogen-bond acceptors (Lipinski definition) is 6. The van der Waals surface area contributed by atoms with Gasteiger partial charge < -0.3 is 0 Å². The Hall–Kier alpha value is -1.36. The van der Waals surface area contributed by atoms with Crippen molar-refractivity contribution in [1.82, 2.24) is 0 Å². The predicted octanol–water partition coefficient (Wildman–Crippen LogP) is 1.50. The van der Waals surface area contributed by atoms with E-state index in [0.29, 0.717) is 0 Å². The van der Waals surface area contributed by atoms with Crippen LogP contribution < -0.4 is 0 Å². The van der Waals surface area contributed by atoms with Crippen molar-refractivity contribution in [2.75, 3.05) is 0 Å². The van der Waals surface area contributed by atoms with Crippen LogP contribution in [-0.4, -0.2) is 34.7 Å². The first-order chi connectivity index (χ1) is 9.93. The minimum atomic E-state index is -3.08. The van der Waals surface area contributed by atoms with Gasteiger partial charge in [-0.05, 0) is 0 Å². The summed E-state index contributed by atoms with van der Waals surface area (Å²) in [5, 5.41) is 0. The van der Waals surface area contributed by atoms with Gasteiger partial charge in [0.15, 0.2) is 0 Å². The fourth-order valence-corrected chi connectivity index (χ4v) is 8.84. The van der Waals surface area contributed by atoms with E-state index in [-0.39, 0.29) is 0 Å². The standard InChI is InChI=1S/3C5H7O2.Ru/c3*1-4(6)3-5(2)7;/h3*3H,1-2H3;. The first-order valence-corrected chi connectivity index (χ1v) is 9.58. The second-order valence-corrected chi connectivity index (χ2v) is 9.81. The van der Waals surface area contributed by atoms with E-state index in [9.17, 15) is 28.8 Å². The molecule has 0 radical (unpaired) electrons. The molecular weight excluding hydrogens is 377 g/mol. The third-order valence-electron chi connectivity index (χ3n) is 2.79. The molecule has 0 N–H and O–H groups in total. The molecule has 7 heteroatoms. The van der Waals surface area contributed by atoms with E-state index in [0.717, 1.165) is 0 Å². The van der Waals surface area contributed by atoms with Gasteiger partial charge in [-0.2, -0.15) is 0 Å². The Kier molecular flexibility index (Phi) is 7.81.